The molecule has 2 nitrogen and oxygen atoms in total. The lowest BCUT2D eigenvalue weighted by atomic mass is 9.96. The summed E-state index contributed by atoms with van der Waals surface area (Å²) >= 11 is 0. The van der Waals surface area contributed by atoms with Gasteiger partial charge in [-0.2, -0.15) is 0 Å². The van der Waals surface area contributed by atoms with E-state index in [4.69, 9.17) is 0 Å². The predicted octanol–water partition coefficient (Wildman–Crippen LogP) is 2.96. The summed E-state index contributed by atoms with van der Waals surface area (Å²) in [5.41, 5.74) is 1.56. The Morgan fingerprint density at radius 3 is 2.24 bits per heavy atom. The standard InChI is InChI=1S/C17H18F2N2/c18-14-7-5-13(6-8-14)17(21-11-9-20-10-12-21)15-3-1-2-4-16(15)19/h1-8,17,20H,9-12H2. The van der Waals surface area contributed by atoms with Crippen molar-refractivity contribution in [2.75, 3.05) is 26.2 Å². The van der Waals surface area contributed by atoms with Crippen LogP contribution in [-0.4, -0.2) is 31.1 Å². The first kappa shape index (κ1) is 14.2. The van der Waals surface area contributed by atoms with Crippen LogP contribution in [0.1, 0.15) is 17.2 Å². The molecule has 21 heavy (non-hydrogen) atoms. The average molecular weight is 288 g/mol. The van der Waals surface area contributed by atoms with Gasteiger partial charge in [-0.25, -0.2) is 8.78 Å². The fourth-order valence-electron chi connectivity index (χ4n) is 2.87. The van der Waals surface area contributed by atoms with Crippen LogP contribution in [0.3, 0.4) is 0 Å². The molecule has 0 aliphatic carbocycles. The fourth-order valence-corrected chi connectivity index (χ4v) is 2.87. The molecule has 3 rings (SSSR count). The molecule has 1 saturated heterocycles. The van der Waals surface area contributed by atoms with Gasteiger partial charge in [0.1, 0.15) is 11.6 Å². The van der Waals surface area contributed by atoms with Crippen molar-refractivity contribution in [3.8, 4) is 0 Å². The minimum Gasteiger partial charge on any atom is -0.314 e. The lowest BCUT2D eigenvalue weighted by Gasteiger charge is -2.35. The van der Waals surface area contributed by atoms with Crippen LogP contribution in [0.5, 0.6) is 0 Å². The Balaban J connectivity index is 2.01. The maximum absolute atomic E-state index is 14.2. The van der Waals surface area contributed by atoms with Gasteiger partial charge in [0.05, 0.1) is 6.04 Å². The number of nitrogens with one attached hydrogen (secondary N) is 1. The molecule has 110 valence electrons. The van der Waals surface area contributed by atoms with Crippen LogP contribution in [-0.2, 0) is 0 Å². The van der Waals surface area contributed by atoms with Gasteiger partial charge < -0.3 is 5.32 Å². The summed E-state index contributed by atoms with van der Waals surface area (Å²) in [4.78, 5) is 2.24. The molecule has 0 bridgehead atoms. The van der Waals surface area contributed by atoms with Gasteiger partial charge in [-0.1, -0.05) is 30.3 Å². The monoisotopic (exact) mass is 288 g/mol. The molecule has 2 aromatic rings. The number of hydrogen-bond acceptors (Lipinski definition) is 2. The van der Waals surface area contributed by atoms with Crippen molar-refractivity contribution in [1.29, 1.82) is 0 Å². The Bertz CT molecular complexity index is 592. The highest BCUT2D eigenvalue weighted by Crippen LogP contribution is 2.30. The van der Waals surface area contributed by atoms with Crippen molar-refractivity contribution in [2.24, 2.45) is 0 Å². The van der Waals surface area contributed by atoms with Gasteiger partial charge in [-0.05, 0) is 23.8 Å². The number of nitrogens with zero attached hydrogens (tertiary/aromatic N) is 1. The normalized spacial score (nSPS) is 17.6. The SMILES string of the molecule is Fc1ccc(C(c2ccccc2F)N2CCNCC2)cc1. The van der Waals surface area contributed by atoms with Crippen LogP contribution < -0.4 is 5.32 Å². The van der Waals surface area contributed by atoms with Crippen LogP contribution in [0.4, 0.5) is 8.78 Å². The van der Waals surface area contributed by atoms with Gasteiger partial charge in [0, 0.05) is 31.7 Å². The molecule has 0 aromatic heterocycles. The van der Waals surface area contributed by atoms with Crippen LogP contribution >= 0.6 is 0 Å². The zero-order valence-electron chi connectivity index (χ0n) is 11.7. The maximum Gasteiger partial charge on any atom is 0.128 e. The fraction of sp³-hybridized carbons (Fsp3) is 0.294. The van der Waals surface area contributed by atoms with E-state index in [0.717, 1.165) is 31.7 Å². The Morgan fingerprint density at radius 2 is 1.57 bits per heavy atom. The van der Waals surface area contributed by atoms with Crippen LogP contribution in [0.2, 0.25) is 0 Å². The van der Waals surface area contributed by atoms with Crippen molar-refractivity contribution in [3.05, 3.63) is 71.3 Å². The zero-order valence-corrected chi connectivity index (χ0v) is 11.7. The highest BCUT2D eigenvalue weighted by molar-refractivity contribution is 5.33. The first-order valence-electron chi connectivity index (χ1n) is 7.20. The lowest BCUT2D eigenvalue weighted by molar-refractivity contribution is 0.195. The zero-order chi connectivity index (χ0) is 14.7. The molecule has 0 amide bonds. The number of benzene rings is 2. The van der Waals surface area contributed by atoms with Crippen LogP contribution in [0.15, 0.2) is 48.5 Å². The second kappa shape index (κ2) is 6.33. The number of hydrogen-bond donors (Lipinski definition) is 1. The van der Waals surface area contributed by atoms with Gasteiger partial charge in [-0.15, -0.1) is 0 Å². The smallest absolute Gasteiger partial charge is 0.128 e. The Hall–Kier alpha value is -1.78. The summed E-state index contributed by atoms with van der Waals surface area (Å²) in [5.74, 6) is -0.489. The third-order valence-electron chi connectivity index (χ3n) is 3.90. The molecule has 0 spiro atoms. The summed E-state index contributed by atoms with van der Waals surface area (Å²) in [6.45, 7) is 3.45. The molecule has 1 fully saturated rings. The Kier molecular flexibility index (Phi) is 4.27. The third kappa shape index (κ3) is 3.12. The van der Waals surface area contributed by atoms with Crippen molar-refractivity contribution in [2.45, 2.75) is 6.04 Å². The van der Waals surface area contributed by atoms with Crippen molar-refractivity contribution >= 4 is 0 Å². The Morgan fingerprint density at radius 1 is 0.905 bits per heavy atom. The maximum atomic E-state index is 14.2. The first-order valence-corrected chi connectivity index (χ1v) is 7.20. The van der Waals surface area contributed by atoms with E-state index in [-0.39, 0.29) is 17.7 Å². The van der Waals surface area contributed by atoms with Gasteiger partial charge in [0.25, 0.3) is 0 Å². The predicted molar refractivity (Wildman–Crippen MR) is 79.1 cm³/mol. The van der Waals surface area contributed by atoms with E-state index in [1.165, 1.54) is 18.2 Å². The largest absolute Gasteiger partial charge is 0.314 e. The molecule has 0 radical (unpaired) electrons. The molecule has 4 heteroatoms. The van der Waals surface area contributed by atoms with E-state index in [2.05, 4.69) is 10.2 Å². The Labute approximate surface area is 123 Å². The van der Waals surface area contributed by atoms with E-state index in [1.54, 1.807) is 18.2 Å². The average Bonchev–Trinajstić information content (AvgIpc) is 2.52. The number of piperazine rings is 1. The van der Waals surface area contributed by atoms with E-state index in [0.29, 0.717) is 5.56 Å². The molecule has 1 aliphatic heterocycles. The summed E-state index contributed by atoms with van der Waals surface area (Å²) in [5, 5.41) is 3.30. The van der Waals surface area contributed by atoms with Crippen molar-refractivity contribution in [1.82, 2.24) is 10.2 Å². The number of halogens is 2. The third-order valence-corrected chi connectivity index (χ3v) is 3.90. The molecule has 1 atom stereocenters. The minimum atomic E-state index is -0.272. The molecule has 0 saturated carbocycles. The summed E-state index contributed by atoms with van der Waals surface area (Å²) < 4.78 is 27.4. The molecule has 1 heterocycles. The second-order valence-corrected chi connectivity index (χ2v) is 5.26. The molecule has 1 aliphatic rings. The molecular formula is C17H18F2N2. The van der Waals surface area contributed by atoms with E-state index in [1.807, 2.05) is 12.1 Å². The highest BCUT2D eigenvalue weighted by atomic mass is 19.1. The van der Waals surface area contributed by atoms with Crippen LogP contribution in [0, 0.1) is 11.6 Å². The highest BCUT2D eigenvalue weighted by Gasteiger charge is 2.25. The minimum absolute atomic E-state index is 0.172. The lowest BCUT2D eigenvalue weighted by Crippen LogP contribution is -2.45. The van der Waals surface area contributed by atoms with Gasteiger partial charge in [0.2, 0.25) is 0 Å². The van der Waals surface area contributed by atoms with E-state index < -0.39 is 0 Å². The van der Waals surface area contributed by atoms with Crippen molar-refractivity contribution < 1.29 is 8.78 Å². The second-order valence-electron chi connectivity index (χ2n) is 5.26. The molecule has 1 unspecified atom stereocenters. The van der Waals surface area contributed by atoms with Crippen molar-refractivity contribution in [3.63, 3.8) is 0 Å². The molecular weight excluding hydrogens is 270 g/mol. The van der Waals surface area contributed by atoms with Gasteiger partial charge in [0.15, 0.2) is 0 Å². The first-order chi connectivity index (χ1) is 10.3. The van der Waals surface area contributed by atoms with Gasteiger partial charge >= 0.3 is 0 Å². The van der Waals surface area contributed by atoms with E-state index >= 15 is 0 Å². The number of rotatable bonds is 3. The quantitative estimate of drug-likeness (QED) is 0.934. The van der Waals surface area contributed by atoms with Gasteiger partial charge in [-0.3, -0.25) is 4.90 Å². The molecule has 2 aromatic carbocycles. The molecule has 1 N–H and O–H groups in total. The summed E-state index contributed by atoms with van der Waals surface area (Å²) in [7, 11) is 0. The van der Waals surface area contributed by atoms with E-state index in [9.17, 15) is 8.78 Å². The summed E-state index contributed by atoms with van der Waals surface area (Å²) in [6, 6.07) is 13.0. The summed E-state index contributed by atoms with van der Waals surface area (Å²) in [6.07, 6.45) is 0. The topological polar surface area (TPSA) is 15.3 Å². The van der Waals surface area contributed by atoms with Crippen LogP contribution in [0.25, 0.3) is 0 Å².